The average molecular weight is 447 g/mol. The standard InChI is InChI=1S/C22H24ClFN4O3/c23-15-8-14(9-16(24)11-15)10-21(30)26-5-1-2-18(13-26)28-20-12-17(25)3-4-19(20)27(6-7-29)22(28)31/h3-4,8-9,11-12,18,29H,1-2,5-7,10,13,25H2/t18-/m0/s1. The first-order valence-corrected chi connectivity index (χ1v) is 10.6. The van der Waals surface area contributed by atoms with Crippen molar-refractivity contribution < 1.29 is 14.3 Å². The van der Waals surface area contributed by atoms with Crippen LogP contribution in [-0.4, -0.2) is 44.7 Å². The van der Waals surface area contributed by atoms with Crippen LogP contribution in [0.5, 0.6) is 0 Å². The van der Waals surface area contributed by atoms with E-state index in [1.165, 1.54) is 16.7 Å². The van der Waals surface area contributed by atoms with Crippen molar-refractivity contribution in [3.05, 3.63) is 63.3 Å². The van der Waals surface area contributed by atoms with E-state index in [4.69, 9.17) is 17.3 Å². The van der Waals surface area contributed by atoms with Gasteiger partial charge in [-0.05, 0) is 54.8 Å². The van der Waals surface area contributed by atoms with Crippen LogP contribution in [0.2, 0.25) is 5.02 Å². The number of benzene rings is 2. The first kappa shape index (κ1) is 21.4. The summed E-state index contributed by atoms with van der Waals surface area (Å²) in [7, 11) is 0. The van der Waals surface area contributed by atoms with Gasteiger partial charge in [-0.1, -0.05) is 11.6 Å². The van der Waals surface area contributed by atoms with Crippen molar-refractivity contribution in [2.24, 2.45) is 0 Å². The van der Waals surface area contributed by atoms with Crippen LogP contribution in [-0.2, 0) is 17.8 Å². The van der Waals surface area contributed by atoms with Gasteiger partial charge in [0.25, 0.3) is 0 Å². The van der Waals surface area contributed by atoms with Gasteiger partial charge in [0.1, 0.15) is 5.82 Å². The first-order valence-electron chi connectivity index (χ1n) is 10.2. The maximum atomic E-state index is 13.6. The zero-order chi connectivity index (χ0) is 22.1. The van der Waals surface area contributed by atoms with E-state index in [0.29, 0.717) is 35.4 Å². The molecule has 31 heavy (non-hydrogen) atoms. The summed E-state index contributed by atoms with van der Waals surface area (Å²) < 4.78 is 16.8. The van der Waals surface area contributed by atoms with Crippen molar-refractivity contribution in [3.63, 3.8) is 0 Å². The molecule has 9 heteroatoms. The number of anilines is 1. The molecule has 3 N–H and O–H groups in total. The fraction of sp³-hybridized carbons (Fsp3) is 0.364. The Labute approximate surface area is 183 Å². The number of likely N-dealkylation sites (tertiary alicyclic amines) is 1. The molecule has 1 saturated heterocycles. The minimum atomic E-state index is -0.479. The van der Waals surface area contributed by atoms with Crippen molar-refractivity contribution in [1.29, 1.82) is 0 Å². The molecule has 0 bridgehead atoms. The van der Waals surface area contributed by atoms with Crippen LogP contribution in [0.25, 0.3) is 11.0 Å². The van der Waals surface area contributed by atoms with Crippen LogP contribution in [0.1, 0.15) is 24.4 Å². The van der Waals surface area contributed by atoms with Crippen molar-refractivity contribution in [2.45, 2.75) is 31.8 Å². The molecule has 1 amide bonds. The number of aromatic nitrogens is 2. The van der Waals surface area contributed by atoms with Gasteiger partial charge in [-0.3, -0.25) is 13.9 Å². The van der Waals surface area contributed by atoms with Crippen molar-refractivity contribution in [2.75, 3.05) is 25.4 Å². The Morgan fingerprint density at radius 3 is 2.77 bits per heavy atom. The fourth-order valence-corrected chi connectivity index (χ4v) is 4.60. The summed E-state index contributed by atoms with van der Waals surface area (Å²) >= 11 is 5.90. The molecule has 1 fully saturated rings. The predicted octanol–water partition coefficient (Wildman–Crippen LogP) is 2.58. The molecule has 2 heterocycles. The van der Waals surface area contributed by atoms with Gasteiger partial charge in [0, 0.05) is 23.8 Å². The normalized spacial score (nSPS) is 16.7. The highest BCUT2D eigenvalue weighted by Gasteiger charge is 2.28. The summed E-state index contributed by atoms with van der Waals surface area (Å²) in [6, 6.07) is 9.12. The Kier molecular flexibility index (Phi) is 6.02. The highest BCUT2D eigenvalue weighted by atomic mass is 35.5. The Balaban J connectivity index is 1.62. The van der Waals surface area contributed by atoms with Gasteiger partial charge in [0.2, 0.25) is 5.91 Å². The number of fused-ring (bicyclic) bond motifs is 1. The van der Waals surface area contributed by atoms with Crippen LogP contribution >= 0.6 is 11.6 Å². The molecule has 0 unspecified atom stereocenters. The molecule has 7 nitrogen and oxygen atoms in total. The van der Waals surface area contributed by atoms with Crippen molar-refractivity contribution in [1.82, 2.24) is 14.0 Å². The molecule has 2 aromatic carbocycles. The molecule has 0 radical (unpaired) electrons. The number of nitrogens with zero attached hydrogens (tertiary/aromatic N) is 3. The number of aliphatic hydroxyl groups is 1. The third kappa shape index (κ3) is 4.31. The van der Waals surface area contributed by atoms with E-state index in [1.54, 1.807) is 33.7 Å². The number of hydrogen-bond donors (Lipinski definition) is 2. The van der Waals surface area contributed by atoms with Crippen molar-refractivity contribution in [3.8, 4) is 0 Å². The van der Waals surface area contributed by atoms with Gasteiger partial charge >= 0.3 is 5.69 Å². The third-order valence-electron chi connectivity index (χ3n) is 5.70. The maximum absolute atomic E-state index is 13.6. The largest absolute Gasteiger partial charge is 0.399 e. The zero-order valence-electron chi connectivity index (χ0n) is 16.9. The van der Waals surface area contributed by atoms with E-state index in [2.05, 4.69) is 0 Å². The minimum absolute atomic E-state index is 0.0400. The van der Waals surface area contributed by atoms with E-state index in [1.807, 2.05) is 0 Å². The number of imidazole rings is 1. The van der Waals surface area contributed by atoms with Crippen LogP contribution in [0, 0.1) is 5.82 Å². The number of aliphatic hydroxyl groups excluding tert-OH is 1. The average Bonchev–Trinajstić information content (AvgIpc) is 2.98. The lowest BCUT2D eigenvalue weighted by Gasteiger charge is -2.33. The second-order valence-electron chi connectivity index (χ2n) is 7.87. The van der Waals surface area contributed by atoms with Crippen molar-refractivity contribution >= 4 is 34.2 Å². The smallest absolute Gasteiger partial charge is 0.329 e. The highest BCUT2D eigenvalue weighted by Crippen LogP contribution is 2.27. The number of amides is 1. The number of carbonyl (C=O) groups excluding carboxylic acids is 1. The monoisotopic (exact) mass is 446 g/mol. The molecule has 0 spiro atoms. The molecule has 164 valence electrons. The summed E-state index contributed by atoms with van der Waals surface area (Å²) in [6.45, 7) is 0.968. The molecular formula is C22H24ClFN4O3. The lowest BCUT2D eigenvalue weighted by atomic mass is 10.0. The zero-order valence-corrected chi connectivity index (χ0v) is 17.7. The van der Waals surface area contributed by atoms with Crippen LogP contribution in [0.4, 0.5) is 10.1 Å². The summed E-state index contributed by atoms with van der Waals surface area (Å²) in [5.41, 5.74) is 8.17. The highest BCUT2D eigenvalue weighted by molar-refractivity contribution is 6.30. The van der Waals surface area contributed by atoms with E-state index in [9.17, 15) is 19.1 Å². The Hall–Kier alpha value is -2.84. The number of halogens is 2. The molecule has 1 aromatic heterocycles. The second kappa shape index (κ2) is 8.72. The number of rotatable bonds is 5. The third-order valence-corrected chi connectivity index (χ3v) is 5.92. The van der Waals surface area contributed by atoms with E-state index in [0.717, 1.165) is 12.8 Å². The molecule has 1 aliphatic rings. The van der Waals surface area contributed by atoms with E-state index in [-0.39, 0.29) is 42.2 Å². The molecule has 4 rings (SSSR count). The van der Waals surface area contributed by atoms with Crippen LogP contribution < -0.4 is 11.4 Å². The maximum Gasteiger partial charge on any atom is 0.329 e. The molecular weight excluding hydrogens is 423 g/mol. The van der Waals surface area contributed by atoms with Crippen LogP contribution in [0.3, 0.4) is 0 Å². The molecule has 0 aliphatic carbocycles. The van der Waals surface area contributed by atoms with Gasteiger partial charge in [0.15, 0.2) is 0 Å². The fourth-order valence-electron chi connectivity index (χ4n) is 4.36. The lowest BCUT2D eigenvalue weighted by Crippen LogP contribution is -2.43. The Morgan fingerprint density at radius 1 is 1.23 bits per heavy atom. The second-order valence-corrected chi connectivity index (χ2v) is 8.30. The molecule has 1 aliphatic heterocycles. The Morgan fingerprint density at radius 2 is 2.03 bits per heavy atom. The van der Waals surface area contributed by atoms with Gasteiger partial charge in [-0.15, -0.1) is 0 Å². The van der Waals surface area contributed by atoms with E-state index >= 15 is 0 Å². The summed E-state index contributed by atoms with van der Waals surface area (Å²) in [5.74, 6) is -0.620. The van der Waals surface area contributed by atoms with Gasteiger partial charge in [0.05, 0.1) is 36.6 Å². The summed E-state index contributed by atoms with van der Waals surface area (Å²) in [6.07, 6.45) is 1.52. The summed E-state index contributed by atoms with van der Waals surface area (Å²) in [4.78, 5) is 27.7. The topological polar surface area (TPSA) is 93.5 Å². The lowest BCUT2D eigenvalue weighted by molar-refractivity contribution is -0.132. The quantitative estimate of drug-likeness (QED) is 0.589. The van der Waals surface area contributed by atoms with E-state index < -0.39 is 5.82 Å². The Bertz CT molecular complexity index is 1170. The van der Waals surface area contributed by atoms with Gasteiger partial charge in [-0.2, -0.15) is 0 Å². The van der Waals surface area contributed by atoms with Gasteiger partial charge in [-0.25, -0.2) is 9.18 Å². The predicted molar refractivity (Wildman–Crippen MR) is 118 cm³/mol. The molecule has 0 saturated carbocycles. The number of nitrogens with two attached hydrogens (primary N) is 1. The first-order chi connectivity index (χ1) is 14.9. The molecule has 1 atom stereocenters. The number of piperidine rings is 1. The number of carbonyl (C=O) groups is 1. The minimum Gasteiger partial charge on any atom is -0.399 e. The molecule has 3 aromatic rings. The SMILES string of the molecule is Nc1ccc2c(c1)n([C@H]1CCCN(C(=O)Cc3cc(F)cc(Cl)c3)C1)c(=O)n2CCO. The number of nitrogen functional groups attached to an aromatic ring is 1. The van der Waals surface area contributed by atoms with Gasteiger partial charge < -0.3 is 15.7 Å². The summed E-state index contributed by atoms with van der Waals surface area (Å²) in [5, 5.41) is 9.64. The number of hydrogen-bond acceptors (Lipinski definition) is 4. The van der Waals surface area contributed by atoms with Crippen LogP contribution in [0.15, 0.2) is 41.2 Å².